The maximum absolute atomic E-state index is 11.5. The second-order valence-electron chi connectivity index (χ2n) is 5.47. The fourth-order valence-corrected chi connectivity index (χ4v) is 2.90. The van der Waals surface area contributed by atoms with Crippen molar-refractivity contribution in [1.29, 1.82) is 0 Å². The molecule has 6 heteroatoms. The molecule has 5 nitrogen and oxygen atoms in total. The number of rotatable bonds is 4. The summed E-state index contributed by atoms with van der Waals surface area (Å²) in [5, 5.41) is 10.6. The second-order valence-corrected chi connectivity index (χ2v) is 5.91. The molecule has 1 heterocycles. The lowest BCUT2D eigenvalue weighted by Gasteiger charge is -2.30. The van der Waals surface area contributed by atoms with Crippen molar-refractivity contribution in [2.24, 2.45) is 11.7 Å². The van der Waals surface area contributed by atoms with Crippen molar-refractivity contribution in [1.82, 2.24) is 4.90 Å². The number of hydrogen-bond acceptors (Lipinski definition) is 4. The Balaban J connectivity index is 2.10. The largest absolute Gasteiger partial charge is 0.507 e. The number of phenols is 1. The van der Waals surface area contributed by atoms with Gasteiger partial charge in [-0.05, 0) is 45.0 Å². The molecule has 0 aromatic heterocycles. The predicted octanol–water partition coefficient (Wildman–Crippen LogP) is 1.95. The molecule has 1 fully saturated rings. The van der Waals surface area contributed by atoms with Gasteiger partial charge in [-0.15, -0.1) is 0 Å². The molecule has 0 aliphatic carbocycles. The van der Waals surface area contributed by atoms with E-state index in [0.29, 0.717) is 17.1 Å². The van der Waals surface area contributed by atoms with E-state index >= 15 is 0 Å². The highest BCUT2D eigenvalue weighted by Crippen LogP contribution is 2.29. The van der Waals surface area contributed by atoms with Gasteiger partial charge >= 0.3 is 0 Å². The number of likely N-dealkylation sites (tertiary alicyclic amines) is 1. The minimum absolute atomic E-state index is 0.0103. The lowest BCUT2D eigenvalue weighted by Crippen LogP contribution is -2.38. The van der Waals surface area contributed by atoms with Gasteiger partial charge in [0.1, 0.15) is 5.75 Å². The topological polar surface area (TPSA) is 83.6 Å². The highest BCUT2D eigenvalue weighted by Gasteiger charge is 2.24. The number of Topliss-reactive ketones (excluding diaryl/α,β-unsaturated/α-hetero) is 1. The summed E-state index contributed by atoms with van der Waals surface area (Å²) in [5.74, 6) is -0.547. The van der Waals surface area contributed by atoms with Crippen LogP contribution in [-0.4, -0.2) is 34.8 Å². The van der Waals surface area contributed by atoms with Crippen molar-refractivity contribution in [2.75, 3.05) is 13.1 Å². The Labute approximate surface area is 128 Å². The number of primary amides is 1. The second kappa shape index (κ2) is 6.45. The summed E-state index contributed by atoms with van der Waals surface area (Å²) in [6, 6.07) is 3.14. The molecule has 1 aromatic rings. The van der Waals surface area contributed by atoms with Crippen LogP contribution in [0.4, 0.5) is 0 Å². The maximum atomic E-state index is 11.5. The van der Waals surface area contributed by atoms with E-state index in [1.807, 2.05) is 0 Å². The number of hydrogen-bond donors (Lipinski definition) is 2. The zero-order valence-corrected chi connectivity index (χ0v) is 12.7. The minimum Gasteiger partial charge on any atom is -0.507 e. The number of phenolic OH excluding ortho intramolecular Hbond substituents is 1. The average Bonchev–Trinajstić information content (AvgIpc) is 2.42. The van der Waals surface area contributed by atoms with E-state index in [1.165, 1.54) is 13.0 Å². The number of piperidine rings is 1. The van der Waals surface area contributed by atoms with E-state index < -0.39 is 0 Å². The molecule has 1 saturated heterocycles. The van der Waals surface area contributed by atoms with Crippen LogP contribution in [-0.2, 0) is 11.3 Å². The lowest BCUT2D eigenvalue weighted by atomic mass is 9.95. The van der Waals surface area contributed by atoms with Gasteiger partial charge in [0.05, 0.1) is 5.56 Å². The van der Waals surface area contributed by atoms with Gasteiger partial charge in [0.15, 0.2) is 5.78 Å². The van der Waals surface area contributed by atoms with E-state index in [1.54, 1.807) is 6.07 Å². The molecule has 1 aliphatic rings. The molecule has 2 rings (SSSR count). The first-order valence-electron chi connectivity index (χ1n) is 6.92. The Kier molecular flexibility index (Phi) is 4.85. The van der Waals surface area contributed by atoms with Gasteiger partial charge in [-0.2, -0.15) is 0 Å². The minimum atomic E-state index is -0.251. The van der Waals surface area contributed by atoms with Crippen molar-refractivity contribution in [3.8, 4) is 5.75 Å². The predicted molar refractivity (Wildman–Crippen MR) is 80.3 cm³/mol. The van der Waals surface area contributed by atoms with Crippen molar-refractivity contribution in [3.05, 3.63) is 28.3 Å². The van der Waals surface area contributed by atoms with E-state index in [2.05, 4.69) is 4.90 Å². The fraction of sp³-hybridized carbons (Fsp3) is 0.467. The number of carbonyl (C=O) groups excluding carboxylic acids is 2. The van der Waals surface area contributed by atoms with Crippen LogP contribution in [0, 0.1) is 5.92 Å². The van der Waals surface area contributed by atoms with Gasteiger partial charge in [0.25, 0.3) is 0 Å². The third kappa shape index (κ3) is 3.74. The van der Waals surface area contributed by atoms with Gasteiger partial charge < -0.3 is 10.8 Å². The van der Waals surface area contributed by atoms with Crippen LogP contribution in [0.5, 0.6) is 5.75 Å². The maximum Gasteiger partial charge on any atom is 0.220 e. The van der Waals surface area contributed by atoms with Crippen LogP contribution in [0.15, 0.2) is 12.1 Å². The number of nitrogens with two attached hydrogens (primary N) is 1. The lowest BCUT2D eigenvalue weighted by molar-refractivity contribution is -0.123. The summed E-state index contributed by atoms with van der Waals surface area (Å²) in [6.45, 7) is 3.36. The SMILES string of the molecule is CC(=O)c1cc(Cl)cc(CN2CCC(C(N)=O)CC2)c1O. The first kappa shape index (κ1) is 15.8. The van der Waals surface area contributed by atoms with Crippen molar-refractivity contribution in [2.45, 2.75) is 26.3 Å². The number of halogens is 1. The molecule has 1 aromatic carbocycles. The summed E-state index contributed by atoms with van der Waals surface area (Å²) in [4.78, 5) is 24.8. The van der Waals surface area contributed by atoms with Gasteiger partial charge in [-0.25, -0.2) is 0 Å². The highest BCUT2D eigenvalue weighted by atomic mass is 35.5. The van der Waals surface area contributed by atoms with Crippen LogP contribution in [0.3, 0.4) is 0 Å². The van der Waals surface area contributed by atoms with Gasteiger partial charge in [-0.3, -0.25) is 14.5 Å². The van der Waals surface area contributed by atoms with Gasteiger partial charge in [0, 0.05) is 23.0 Å². The summed E-state index contributed by atoms with van der Waals surface area (Å²) >= 11 is 6.01. The molecule has 0 unspecified atom stereocenters. The van der Waals surface area contributed by atoms with E-state index in [4.69, 9.17) is 17.3 Å². The van der Waals surface area contributed by atoms with E-state index in [-0.39, 0.29) is 28.9 Å². The van der Waals surface area contributed by atoms with Crippen molar-refractivity contribution >= 4 is 23.3 Å². The zero-order valence-electron chi connectivity index (χ0n) is 11.9. The highest BCUT2D eigenvalue weighted by molar-refractivity contribution is 6.31. The van der Waals surface area contributed by atoms with Crippen LogP contribution in [0.1, 0.15) is 35.7 Å². The monoisotopic (exact) mass is 310 g/mol. The molecule has 3 N–H and O–H groups in total. The molecular formula is C15H19ClN2O3. The normalized spacial score (nSPS) is 16.9. The summed E-state index contributed by atoms with van der Waals surface area (Å²) in [5.41, 5.74) is 6.18. The van der Waals surface area contributed by atoms with Crippen molar-refractivity contribution in [3.63, 3.8) is 0 Å². The molecule has 0 atom stereocenters. The van der Waals surface area contributed by atoms with Crippen LogP contribution in [0.2, 0.25) is 5.02 Å². The first-order valence-corrected chi connectivity index (χ1v) is 7.30. The summed E-state index contributed by atoms with van der Waals surface area (Å²) in [7, 11) is 0. The van der Waals surface area contributed by atoms with Crippen LogP contribution >= 0.6 is 11.6 Å². The Morgan fingerprint density at radius 1 is 1.38 bits per heavy atom. The van der Waals surface area contributed by atoms with E-state index in [0.717, 1.165) is 25.9 Å². The Hall–Kier alpha value is -1.59. The molecule has 0 bridgehead atoms. The third-order valence-corrected chi connectivity index (χ3v) is 4.14. The van der Waals surface area contributed by atoms with Crippen LogP contribution < -0.4 is 5.73 Å². The van der Waals surface area contributed by atoms with Crippen molar-refractivity contribution < 1.29 is 14.7 Å². The van der Waals surface area contributed by atoms with Crippen LogP contribution in [0.25, 0.3) is 0 Å². The number of carbonyl (C=O) groups is 2. The fourth-order valence-electron chi connectivity index (χ4n) is 2.66. The number of aromatic hydroxyl groups is 1. The first-order chi connectivity index (χ1) is 9.88. The molecule has 114 valence electrons. The number of benzene rings is 1. The number of ketones is 1. The standard InChI is InChI=1S/C15H19ClN2O3/c1-9(19)13-7-12(16)6-11(14(13)20)8-18-4-2-10(3-5-18)15(17)21/h6-7,10,20H,2-5,8H2,1H3,(H2,17,21). The molecular weight excluding hydrogens is 292 g/mol. The third-order valence-electron chi connectivity index (χ3n) is 3.92. The molecule has 0 radical (unpaired) electrons. The zero-order chi connectivity index (χ0) is 15.6. The van der Waals surface area contributed by atoms with E-state index in [9.17, 15) is 14.7 Å². The van der Waals surface area contributed by atoms with Gasteiger partial charge in [-0.1, -0.05) is 11.6 Å². The summed E-state index contributed by atoms with van der Waals surface area (Å²) < 4.78 is 0. The Morgan fingerprint density at radius 2 is 2.00 bits per heavy atom. The molecule has 0 saturated carbocycles. The molecule has 1 aliphatic heterocycles. The number of nitrogens with zero attached hydrogens (tertiary/aromatic N) is 1. The summed E-state index contributed by atoms with van der Waals surface area (Å²) in [6.07, 6.45) is 1.44. The number of amides is 1. The smallest absolute Gasteiger partial charge is 0.220 e. The molecule has 0 spiro atoms. The quantitative estimate of drug-likeness (QED) is 0.833. The average molecular weight is 311 g/mol. The van der Waals surface area contributed by atoms with Gasteiger partial charge in [0.2, 0.25) is 5.91 Å². The molecule has 21 heavy (non-hydrogen) atoms. The Bertz CT molecular complexity index is 566. The molecule has 1 amide bonds. The Morgan fingerprint density at radius 3 is 2.52 bits per heavy atom.